The van der Waals surface area contributed by atoms with Gasteiger partial charge in [0.2, 0.25) is 0 Å². The third-order valence-corrected chi connectivity index (χ3v) is 4.48. The molecule has 2 heterocycles. The van der Waals surface area contributed by atoms with E-state index in [1.807, 2.05) is 35.9 Å². The predicted molar refractivity (Wildman–Crippen MR) is 99.9 cm³/mol. The van der Waals surface area contributed by atoms with Crippen molar-refractivity contribution in [3.63, 3.8) is 0 Å². The molecule has 1 N–H and O–H groups in total. The zero-order valence-electron chi connectivity index (χ0n) is 15.4. The van der Waals surface area contributed by atoms with Gasteiger partial charge in [-0.05, 0) is 37.6 Å². The van der Waals surface area contributed by atoms with Gasteiger partial charge in [-0.2, -0.15) is 0 Å². The second kappa shape index (κ2) is 7.49. The number of likely N-dealkylation sites (N-methyl/N-ethyl adjacent to an activating group) is 1. The molecule has 1 atom stereocenters. The average Bonchev–Trinajstić information content (AvgIpc) is 3.09. The van der Waals surface area contributed by atoms with Crippen molar-refractivity contribution in [1.29, 1.82) is 0 Å². The van der Waals surface area contributed by atoms with Gasteiger partial charge in [0.15, 0.2) is 0 Å². The topological polar surface area (TPSA) is 84.1 Å². The third-order valence-electron chi connectivity index (χ3n) is 4.48. The molecule has 3 aromatic rings. The highest BCUT2D eigenvalue weighted by Gasteiger charge is 2.25. The Morgan fingerprint density at radius 1 is 1.26 bits per heavy atom. The largest absolute Gasteiger partial charge is 0.486 e. The first-order chi connectivity index (χ1) is 12.9. The van der Waals surface area contributed by atoms with Crippen LogP contribution >= 0.6 is 0 Å². The number of nitrogens with zero attached hydrogens (tertiary/aromatic N) is 3. The second-order valence-electron chi connectivity index (χ2n) is 6.37. The highest BCUT2D eigenvalue weighted by Crippen LogP contribution is 2.22. The molecule has 0 aliphatic carbocycles. The van der Waals surface area contributed by atoms with Gasteiger partial charge in [0.1, 0.15) is 24.0 Å². The van der Waals surface area contributed by atoms with Gasteiger partial charge >= 0.3 is 5.97 Å². The summed E-state index contributed by atoms with van der Waals surface area (Å²) < 4.78 is 7.76. The lowest BCUT2D eigenvalue weighted by Gasteiger charge is -2.22. The molecule has 0 bridgehead atoms. The highest BCUT2D eigenvalue weighted by atomic mass is 16.5. The molecule has 7 heteroatoms. The zero-order chi connectivity index (χ0) is 19.6. The van der Waals surface area contributed by atoms with E-state index in [9.17, 15) is 9.59 Å². The molecular formula is C20H21N3O4. The van der Waals surface area contributed by atoms with Gasteiger partial charge in [0.25, 0.3) is 5.91 Å². The summed E-state index contributed by atoms with van der Waals surface area (Å²) in [4.78, 5) is 29.6. The van der Waals surface area contributed by atoms with Crippen LogP contribution in [0.25, 0.3) is 5.65 Å². The number of amides is 1. The van der Waals surface area contributed by atoms with Crippen LogP contribution in [0.4, 0.5) is 0 Å². The van der Waals surface area contributed by atoms with Crippen LogP contribution in [0, 0.1) is 6.92 Å². The molecule has 0 aliphatic heterocycles. The molecule has 1 aromatic carbocycles. The molecule has 3 rings (SSSR count). The van der Waals surface area contributed by atoms with Gasteiger partial charge in [0, 0.05) is 19.4 Å². The predicted octanol–water partition coefficient (Wildman–Crippen LogP) is 2.77. The Morgan fingerprint density at radius 3 is 2.70 bits per heavy atom. The van der Waals surface area contributed by atoms with Gasteiger partial charge in [-0.1, -0.05) is 18.2 Å². The minimum absolute atomic E-state index is 0.198. The number of ether oxygens (including phenoxy) is 1. The summed E-state index contributed by atoms with van der Waals surface area (Å²) in [6.07, 6.45) is 3.80. The van der Waals surface area contributed by atoms with Crippen LogP contribution in [-0.2, 0) is 11.4 Å². The number of benzene rings is 1. The van der Waals surface area contributed by atoms with Gasteiger partial charge < -0.3 is 19.1 Å². The molecule has 2 aromatic heterocycles. The number of carboxylic acids is 1. The number of aryl methyl sites for hydroxylation is 1. The Hall–Kier alpha value is -3.35. The Bertz CT molecular complexity index is 996. The second-order valence-corrected chi connectivity index (χ2v) is 6.37. The summed E-state index contributed by atoms with van der Waals surface area (Å²) in [5.41, 5.74) is 2.96. The van der Waals surface area contributed by atoms with E-state index in [0.29, 0.717) is 11.3 Å². The van der Waals surface area contributed by atoms with E-state index in [0.717, 1.165) is 16.9 Å². The first kappa shape index (κ1) is 18.4. The fraction of sp³-hybridized carbons (Fsp3) is 0.250. The van der Waals surface area contributed by atoms with E-state index >= 15 is 0 Å². The molecule has 7 nitrogen and oxygen atoms in total. The standard InChI is InChI=1S/C20H21N3O4/c1-13-7-6-10-23-11-15(21-18(13)23)12-27-17-9-5-4-8-16(17)19(24)22(3)14(2)20(25)26/h4-11,14H,12H2,1-3H3,(H,25,26). The van der Waals surface area contributed by atoms with Crippen LogP contribution in [0.2, 0.25) is 0 Å². The van der Waals surface area contributed by atoms with Crippen molar-refractivity contribution in [3.05, 3.63) is 65.6 Å². The molecule has 140 valence electrons. The van der Waals surface area contributed by atoms with Crippen LogP contribution in [0.15, 0.2) is 48.8 Å². The summed E-state index contributed by atoms with van der Waals surface area (Å²) in [6, 6.07) is 9.78. The lowest BCUT2D eigenvalue weighted by atomic mass is 10.1. The smallest absolute Gasteiger partial charge is 0.326 e. The van der Waals surface area contributed by atoms with Crippen LogP contribution in [0.3, 0.4) is 0 Å². The summed E-state index contributed by atoms with van der Waals surface area (Å²) in [6.45, 7) is 3.65. The molecule has 0 aliphatic rings. The van der Waals surface area contributed by atoms with E-state index in [4.69, 9.17) is 9.84 Å². The molecule has 0 radical (unpaired) electrons. The minimum Gasteiger partial charge on any atom is -0.486 e. The molecule has 1 amide bonds. The molecule has 0 saturated heterocycles. The summed E-state index contributed by atoms with van der Waals surface area (Å²) in [5, 5.41) is 9.13. The number of aromatic nitrogens is 2. The van der Waals surface area contributed by atoms with E-state index < -0.39 is 17.9 Å². The number of carbonyl (C=O) groups excluding carboxylic acids is 1. The van der Waals surface area contributed by atoms with Crippen molar-refractivity contribution in [1.82, 2.24) is 14.3 Å². The van der Waals surface area contributed by atoms with Crippen LogP contribution < -0.4 is 4.74 Å². The van der Waals surface area contributed by atoms with Gasteiger partial charge in [0.05, 0.1) is 11.3 Å². The number of hydrogen-bond acceptors (Lipinski definition) is 4. The molecule has 0 spiro atoms. The number of para-hydroxylation sites is 1. The number of imidazole rings is 1. The molecular weight excluding hydrogens is 346 g/mol. The number of aliphatic carboxylic acids is 1. The number of fused-ring (bicyclic) bond motifs is 1. The van der Waals surface area contributed by atoms with Gasteiger partial charge in [-0.25, -0.2) is 9.78 Å². The van der Waals surface area contributed by atoms with Gasteiger partial charge in [-0.15, -0.1) is 0 Å². The molecule has 0 fully saturated rings. The van der Waals surface area contributed by atoms with Gasteiger partial charge in [-0.3, -0.25) is 4.79 Å². The van der Waals surface area contributed by atoms with E-state index in [1.54, 1.807) is 24.3 Å². The van der Waals surface area contributed by atoms with Crippen molar-refractivity contribution < 1.29 is 19.4 Å². The number of pyridine rings is 1. The number of carboxylic acid groups (broad SMARTS) is 1. The SMILES string of the molecule is Cc1cccn2cc(COc3ccccc3C(=O)N(C)C(C)C(=O)O)nc12. The fourth-order valence-electron chi connectivity index (χ4n) is 2.73. The lowest BCUT2D eigenvalue weighted by Crippen LogP contribution is -2.40. The first-order valence-corrected chi connectivity index (χ1v) is 8.53. The van der Waals surface area contributed by atoms with Crippen LogP contribution in [0.1, 0.15) is 28.5 Å². The van der Waals surface area contributed by atoms with E-state index in [-0.39, 0.29) is 6.61 Å². The average molecular weight is 367 g/mol. The maximum absolute atomic E-state index is 12.7. The van der Waals surface area contributed by atoms with Crippen molar-refractivity contribution in [2.45, 2.75) is 26.5 Å². The maximum Gasteiger partial charge on any atom is 0.326 e. The Labute approximate surface area is 156 Å². The van der Waals surface area contributed by atoms with E-state index in [2.05, 4.69) is 4.98 Å². The van der Waals surface area contributed by atoms with Crippen LogP contribution in [-0.4, -0.2) is 44.4 Å². The summed E-state index contributed by atoms with van der Waals surface area (Å²) in [7, 11) is 1.46. The normalized spacial score (nSPS) is 12.0. The fourth-order valence-corrected chi connectivity index (χ4v) is 2.73. The molecule has 27 heavy (non-hydrogen) atoms. The molecule has 1 unspecified atom stereocenters. The maximum atomic E-state index is 12.7. The summed E-state index contributed by atoms with van der Waals surface area (Å²) >= 11 is 0. The van der Waals surface area contributed by atoms with Crippen molar-refractivity contribution >= 4 is 17.5 Å². The number of rotatable bonds is 6. The Balaban J connectivity index is 1.80. The first-order valence-electron chi connectivity index (χ1n) is 8.53. The minimum atomic E-state index is -1.07. The van der Waals surface area contributed by atoms with Crippen molar-refractivity contribution in [2.75, 3.05) is 7.05 Å². The highest BCUT2D eigenvalue weighted by molar-refractivity contribution is 5.98. The van der Waals surface area contributed by atoms with Crippen LogP contribution in [0.5, 0.6) is 5.75 Å². The van der Waals surface area contributed by atoms with Crippen molar-refractivity contribution in [3.8, 4) is 5.75 Å². The monoisotopic (exact) mass is 367 g/mol. The van der Waals surface area contributed by atoms with E-state index in [1.165, 1.54) is 18.9 Å². The lowest BCUT2D eigenvalue weighted by molar-refractivity contribution is -0.141. The molecule has 0 saturated carbocycles. The Morgan fingerprint density at radius 2 is 2.00 bits per heavy atom. The third kappa shape index (κ3) is 3.76. The Kier molecular flexibility index (Phi) is 5.12. The number of carbonyl (C=O) groups is 2. The zero-order valence-corrected chi connectivity index (χ0v) is 15.4. The number of hydrogen-bond donors (Lipinski definition) is 1. The quantitative estimate of drug-likeness (QED) is 0.724. The summed E-state index contributed by atoms with van der Waals surface area (Å²) in [5.74, 6) is -1.09. The van der Waals surface area contributed by atoms with Crippen molar-refractivity contribution in [2.24, 2.45) is 0 Å².